The van der Waals surface area contributed by atoms with Gasteiger partial charge in [0, 0.05) is 30.8 Å². The first-order chi connectivity index (χ1) is 17.3. The van der Waals surface area contributed by atoms with Crippen LogP contribution >= 0.6 is 0 Å². The van der Waals surface area contributed by atoms with E-state index in [4.69, 9.17) is 4.74 Å². The first kappa shape index (κ1) is 25.6. The summed E-state index contributed by atoms with van der Waals surface area (Å²) >= 11 is 0. The van der Waals surface area contributed by atoms with E-state index in [0.29, 0.717) is 18.0 Å². The van der Waals surface area contributed by atoms with E-state index in [2.05, 4.69) is 44.7 Å². The van der Waals surface area contributed by atoms with E-state index in [-0.39, 0.29) is 18.1 Å². The third-order valence-electron chi connectivity index (χ3n) is 6.56. The molecule has 192 valence electrons. The third kappa shape index (κ3) is 6.81. The topological polar surface area (TPSA) is 116 Å². The zero-order valence-electron chi connectivity index (χ0n) is 21.5. The molecule has 36 heavy (non-hydrogen) atoms. The van der Waals surface area contributed by atoms with E-state index in [1.54, 1.807) is 0 Å². The summed E-state index contributed by atoms with van der Waals surface area (Å²) in [5.41, 5.74) is 4.43. The van der Waals surface area contributed by atoms with Crippen LogP contribution in [0.1, 0.15) is 50.7 Å². The van der Waals surface area contributed by atoms with Crippen LogP contribution < -0.4 is 10.2 Å². The van der Waals surface area contributed by atoms with Crippen molar-refractivity contribution in [3.8, 4) is 17.1 Å². The first-order valence-electron chi connectivity index (χ1n) is 12.6. The van der Waals surface area contributed by atoms with Gasteiger partial charge in [0.1, 0.15) is 5.75 Å². The number of hydrogen-bond acceptors (Lipinski definition) is 7. The highest BCUT2D eigenvalue weighted by Crippen LogP contribution is 2.34. The summed E-state index contributed by atoms with van der Waals surface area (Å²) in [6, 6.07) is 11.7. The van der Waals surface area contributed by atoms with Crippen LogP contribution in [0, 0.1) is 19.8 Å². The minimum atomic E-state index is 0.0352. The lowest BCUT2D eigenvalue weighted by atomic mass is 10.1. The van der Waals surface area contributed by atoms with Gasteiger partial charge in [-0.2, -0.15) is 5.21 Å². The zero-order chi connectivity index (χ0) is 25.7. The van der Waals surface area contributed by atoms with E-state index >= 15 is 0 Å². The van der Waals surface area contributed by atoms with Crippen LogP contribution in [0.4, 0.5) is 11.4 Å². The number of nitrogens with one attached hydrogen (secondary N) is 2. The number of amides is 1. The van der Waals surface area contributed by atoms with Crippen molar-refractivity contribution >= 4 is 17.3 Å². The van der Waals surface area contributed by atoms with Crippen molar-refractivity contribution in [3.05, 3.63) is 47.5 Å². The number of carbonyl (C=O) groups is 1. The number of ether oxygens (including phenoxy) is 1. The predicted octanol–water partition coefficient (Wildman–Crippen LogP) is 4.62. The number of anilines is 2. The summed E-state index contributed by atoms with van der Waals surface area (Å²) < 4.78 is 5.83. The van der Waals surface area contributed by atoms with Crippen LogP contribution in [0.2, 0.25) is 0 Å². The molecule has 1 saturated heterocycles. The number of carbonyl (C=O) groups excluding carboxylic acids is 1. The second-order valence-electron chi connectivity index (χ2n) is 9.90. The van der Waals surface area contributed by atoms with Crippen LogP contribution in [0.5, 0.6) is 5.75 Å². The summed E-state index contributed by atoms with van der Waals surface area (Å²) in [5, 5.41) is 26.6. The maximum Gasteiger partial charge on any atom is 0.224 e. The Labute approximate surface area is 212 Å². The molecule has 1 saturated carbocycles. The van der Waals surface area contributed by atoms with Crippen molar-refractivity contribution in [2.45, 2.75) is 65.6 Å². The van der Waals surface area contributed by atoms with E-state index in [0.717, 1.165) is 53.5 Å². The lowest BCUT2D eigenvalue weighted by Gasteiger charge is -2.37. The summed E-state index contributed by atoms with van der Waals surface area (Å²) in [6.07, 6.45) is 4.37. The van der Waals surface area contributed by atoms with Gasteiger partial charge >= 0.3 is 0 Å². The Morgan fingerprint density at radius 1 is 1.14 bits per heavy atom. The van der Waals surface area contributed by atoms with Crippen molar-refractivity contribution in [1.82, 2.24) is 20.6 Å². The molecule has 2 heterocycles. The highest BCUT2D eigenvalue weighted by molar-refractivity contribution is 5.95. The largest absolute Gasteiger partial charge is 0.507 e. The Morgan fingerprint density at radius 2 is 1.83 bits per heavy atom. The number of aromatic nitrogens is 4. The van der Waals surface area contributed by atoms with Crippen LogP contribution in [0.15, 0.2) is 36.4 Å². The number of rotatable bonds is 6. The molecule has 2 aliphatic rings. The number of tetrazole rings is 1. The third-order valence-corrected chi connectivity index (χ3v) is 6.56. The number of H-pyrrole nitrogens is 1. The first-order valence-corrected chi connectivity index (χ1v) is 12.6. The standard InChI is InChI=1S/C19H26N6O2.C8H10O/c1-12-10-25(11-13(2)27-12)15-6-7-17(16(9-15)19-21-23-24-22-19)20-18(26)8-5-14-3-4-14;1-6-4-3-5-7(2)8(6)9/h6-7,9,12-14H,3-5,8,10-11H2,1-2H3,(H,20,26)(H,21,22,23,24);3-5,9H,1-2H3/t12-,13?;/m0./s1. The summed E-state index contributed by atoms with van der Waals surface area (Å²) in [5.74, 6) is 1.66. The molecule has 9 heteroatoms. The van der Waals surface area contributed by atoms with Gasteiger partial charge in [0.05, 0.1) is 17.9 Å². The molecular weight excluding hydrogens is 456 g/mol. The van der Waals surface area contributed by atoms with Crippen LogP contribution in [0.25, 0.3) is 11.4 Å². The molecule has 0 bridgehead atoms. The number of benzene rings is 2. The molecule has 9 nitrogen and oxygen atoms in total. The van der Waals surface area contributed by atoms with E-state index in [1.165, 1.54) is 12.8 Å². The van der Waals surface area contributed by atoms with Crippen molar-refractivity contribution in [2.75, 3.05) is 23.3 Å². The SMILES string of the molecule is CC1CN(c2ccc(NC(=O)CCC3CC3)c(-c3nn[nH]n3)c2)C[C@H](C)O1.Cc1cccc(C)c1O. The molecule has 1 amide bonds. The fourth-order valence-electron chi connectivity index (χ4n) is 4.45. The number of hydrogen-bond donors (Lipinski definition) is 3. The Morgan fingerprint density at radius 3 is 2.42 bits per heavy atom. The van der Waals surface area contributed by atoms with Crippen molar-refractivity contribution in [3.63, 3.8) is 0 Å². The number of para-hydroxylation sites is 1. The molecular formula is C27H36N6O3. The molecule has 1 aromatic heterocycles. The molecule has 3 N–H and O–H groups in total. The molecule has 1 aliphatic heterocycles. The molecule has 5 rings (SSSR count). The van der Waals surface area contributed by atoms with Crippen molar-refractivity contribution < 1.29 is 14.6 Å². The maximum absolute atomic E-state index is 12.3. The monoisotopic (exact) mass is 492 g/mol. The molecule has 0 spiro atoms. The number of phenols is 1. The summed E-state index contributed by atoms with van der Waals surface area (Å²) in [7, 11) is 0. The van der Waals surface area contributed by atoms with E-state index < -0.39 is 0 Å². The quantitative estimate of drug-likeness (QED) is 0.460. The number of nitrogens with zero attached hydrogens (tertiary/aromatic N) is 4. The maximum atomic E-state index is 12.3. The molecule has 3 aromatic rings. The number of morpholine rings is 1. The lowest BCUT2D eigenvalue weighted by molar-refractivity contribution is -0.116. The zero-order valence-corrected chi connectivity index (χ0v) is 21.5. The van der Waals surface area contributed by atoms with E-state index in [1.807, 2.05) is 50.2 Å². The van der Waals surface area contributed by atoms with Crippen LogP contribution in [0.3, 0.4) is 0 Å². The van der Waals surface area contributed by atoms with Gasteiger partial charge in [-0.3, -0.25) is 4.79 Å². The molecule has 2 aromatic carbocycles. The van der Waals surface area contributed by atoms with Gasteiger partial charge in [-0.05, 0) is 74.6 Å². The molecule has 1 aliphatic carbocycles. The van der Waals surface area contributed by atoms with Gasteiger partial charge in [-0.25, -0.2) is 0 Å². The molecule has 1 unspecified atom stereocenters. The van der Waals surface area contributed by atoms with Gasteiger partial charge < -0.3 is 20.1 Å². The smallest absolute Gasteiger partial charge is 0.224 e. The fourth-order valence-corrected chi connectivity index (χ4v) is 4.45. The summed E-state index contributed by atoms with van der Waals surface area (Å²) in [4.78, 5) is 14.6. The van der Waals surface area contributed by atoms with Gasteiger partial charge in [-0.1, -0.05) is 31.0 Å². The minimum absolute atomic E-state index is 0.0352. The van der Waals surface area contributed by atoms with Gasteiger partial charge in [0.15, 0.2) is 0 Å². The molecule has 0 radical (unpaired) electrons. The number of aromatic amines is 1. The second-order valence-corrected chi connectivity index (χ2v) is 9.90. The lowest BCUT2D eigenvalue weighted by Crippen LogP contribution is -2.45. The van der Waals surface area contributed by atoms with E-state index in [9.17, 15) is 9.90 Å². The molecule has 2 fully saturated rings. The summed E-state index contributed by atoms with van der Waals surface area (Å²) in [6.45, 7) is 9.59. The van der Waals surface area contributed by atoms with Gasteiger partial charge in [0.2, 0.25) is 11.7 Å². The normalized spacial score (nSPS) is 19.4. The van der Waals surface area contributed by atoms with Crippen molar-refractivity contribution in [1.29, 1.82) is 0 Å². The number of aromatic hydroxyl groups is 1. The Hall–Kier alpha value is -3.46. The Balaban J connectivity index is 0.000000286. The highest BCUT2D eigenvalue weighted by Gasteiger charge is 2.25. The second kappa shape index (κ2) is 11.5. The van der Waals surface area contributed by atoms with Gasteiger partial charge in [-0.15, -0.1) is 10.2 Å². The fraction of sp³-hybridized carbons (Fsp3) is 0.481. The highest BCUT2D eigenvalue weighted by atomic mass is 16.5. The van der Waals surface area contributed by atoms with Crippen molar-refractivity contribution in [2.24, 2.45) is 5.92 Å². The average Bonchev–Trinajstić information content (AvgIpc) is 3.52. The van der Waals surface area contributed by atoms with Crippen LogP contribution in [-0.2, 0) is 9.53 Å². The Bertz CT molecular complexity index is 1130. The Kier molecular flexibility index (Phi) is 8.20. The van der Waals surface area contributed by atoms with Gasteiger partial charge in [0.25, 0.3) is 0 Å². The average molecular weight is 493 g/mol. The molecule has 2 atom stereocenters. The minimum Gasteiger partial charge on any atom is -0.507 e. The number of aryl methyl sites for hydroxylation is 2. The number of phenolic OH excluding ortho intramolecular Hbond substituents is 1. The predicted molar refractivity (Wildman–Crippen MR) is 140 cm³/mol. The van der Waals surface area contributed by atoms with Crippen LogP contribution in [-0.4, -0.2) is 56.9 Å².